The fraction of sp³-hybridized carbons (Fsp3) is 1.00. The van der Waals surface area contributed by atoms with Crippen LogP contribution in [0.3, 0.4) is 0 Å². The minimum atomic E-state index is -0.737. The summed E-state index contributed by atoms with van der Waals surface area (Å²) in [7, 11) is 0. The van der Waals surface area contributed by atoms with Gasteiger partial charge in [0.1, 0.15) is 6.10 Å². The molecule has 6 nitrogen and oxygen atoms in total. The van der Waals surface area contributed by atoms with Crippen LogP contribution in [-0.2, 0) is 18.9 Å². The molecule has 2 heterocycles. The molecule has 2 saturated heterocycles. The lowest BCUT2D eigenvalue weighted by atomic mass is 10.3. The first-order valence-electron chi connectivity index (χ1n) is 6.15. The molecular weight excluding hydrogens is 240 g/mol. The highest BCUT2D eigenvalue weighted by molar-refractivity contribution is 4.70. The largest absolute Gasteiger partial charge is 0.394 e. The lowest BCUT2D eigenvalue weighted by Crippen LogP contribution is -2.30. The molecule has 2 N–H and O–H groups in total. The van der Waals surface area contributed by atoms with Gasteiger partial charge in [-0.25, -0.2) is 0 Å². The van der Waals surface area contributed by atoms with E-state index < -0.39 is 11.6 Å². The van der Waals surface area contributed by atoms with Crippen LogP contribution in [0.2, 0.25) is 0 Å². The van der Waals surface area contributed by atoms with Crippen LogP contribution in [-0.4, -0.2) is 60.4 Å². The highest BCUT2D eigenvalue weighted by Crippen LogP contribution is 2.22. The van der Waals surface area contributed by atoms with Crippen molar-refractivity contribution >= 4 is 0 Å². The highest BCUT2D eigenvalue weighted by atomic mass is 16.8. The molecule has 3 atom stereocenters. The Morgan fingerprint density at radius 2 is 1.72 bits per heavy atom. The Bertz CT molecular complexity index is 257. The Kier molecular flexibility index (Phi) is 5.51. The van der Waals surface area contributed by atoms with Crippen molar-refractivity contribution in [3.05, 3.63) is 0 Å². The Labute approximate surface area is 108 Å². The predicted octanol–water partition coefficient (Wildman–Crippen LogP) is 0.260. The predicted molar refractivity (Wildman–Crippen MR) is 64.0 cm³/mol. The van der Waals surface area contributed by atoms with E-state index in [4.69, 9.17) is 29.2 Å². The van der Waals surface area contributed by atoms with E-state index in [1.54, 1.807) is 6.92 Å². The standard InChI is InChI=1S/2C6H12O3/c1-6(2)8-4-5(3-7)9-6;1-5-3-8-6(2,4-7)9-5/h2*5,7H,3-4H2,1-2H3. The van der Waals surface area contributed by atoms with Gasteiger partial charge < -0.3 is 29.2 Å². The van der Waals surface area contributed by atoms with Gasteiger partial charge in [0.15, 0.2) is 11.6 Å². The van der Waals surface area contributed by atoms with E-state index in [0.717, 1.165) is 0 Å². The van der Waals surface area contributed by atoms with Crippen molar-refractivity contribution in [2.24, 2.45) is 0 Å². The van der Waals surface area contributed by atoms with E-state index in [9.17, 15) is 0 Å². The first-order valence-corrected chi connectivity index (χ1v) is 6.15. The molecule has 108 valence electrons. The minimum Gasteiger partial charge on any atom is -0.394 e. The summed E-state index contributed by atoms with van der Waals surface area (Å²) in [5.74, 6) is -1.23. The van der Waals surface area contributed by atoms with Crippen LogP contribution in [0.5, 0.6) is 0 Å². The highest BCUT2D eigenvalue weighted by Gasteiger charge is 2.34. The molecule has 2 rings (SSSR count). The Hall–Kier alpha value is -0.240. The molecule has 0 radical (unpaired) electrons. The summed E-state index contributed by atoms with van der Waals surface area (Å²) < 4.78 is 20.7. The Balaban J connectivity index is 0.000000180. The molecule has 2 aliphatic heterocycles. The molecule has 0 saturated carbocycles. The van der Waals surface area contributed by atoms with E-state index in [1.807, 2.05) is 20.8 Å². The zero-order valence-electron chi connectivity index (χ0n) is 11.5. The third-order valence-corrected chi connectivity index (χ3v) is 2.63. The van der Waals surface area contributed by atoms with Gasteiger partial charge in [-0.2, -0.15) is 0 Å². The number of hydrogen-bond donors (Lipinski definition) is 2. The molecule has 0 aromatic carbocycles. The van der Waals surface area contributed by atoms with Gasteiger partial charge >= 0.3 is 0 Å². The summed E-state index contributed by atoms with van der Waals surface area (Å²) in [4.78, 5) is 0. The average Bonchev–Trinajstić information content (AvgIpc) is 2.83. The molecule has 0 spiro atoms. The van der Waals surface area contributed by atoms with Crippen LogP contribution in [0.4, 0.5) is 0 Å². The van der Waals surface area contributed by atoms with E-state index in [2.05, 4.69) is 0 Å². The average molecular weight is 264 g/mol. The third-order valence-electron chi connectivity index (χ3n) is 2.63. The van der Waals surface area contributed by atoms with E-state index in [-0.39, 0.29) is 25.4 Å². The van der Waals surface area contributed by atoms with Crippen molar-refractivity contribution in [1.29, 1.82) is 0 Å². The van der Waals surface area contributed by atoms with Gasteiger partial charge in [-0.15, -0.1) is 0 Å². The van der Waals surface area contributed by atoms with E-state index in [0.29, 0.717) is 13.2 Å². The maximum absolute atomic E-state index is 8.69. The summed E-state index contributed by atoms with van der Waals surface area (Å²) in [6, 6.07) is 0. The fourth-order valence-electron chi connectivity index (χ4n) is 1.72. The van der Waals surface area contributed by atoms with Gasteiger partial charge in [-0.1, -0.05) is 0 Å². The van der Waals surface area contributed by atoms with Crippen LogP contribution < -0.4 is 0 Å². The van der Waals surface area contributed by atoms with Crippen molar-refractivity contribution in [1.82, 2.24) is 0 Å². The zero-order valence-corrected chi connectivity index (χ0v) is 11.5. The first-order chi connectivity index (χ1) is 8.30. The summed E-state index contributed by atoms with van der Waals surface area (Å²) in [5.41, 5.74) is 0. The number of hydrogen-bond acceptors (Lipinski definition) is 6. The summed E-state index contributed by atoms with van der Waals surface area (Å²) >= 11 is 0. The number of aliphatic hydroxyl groups is 2. The third kappa shape index (κ3) is 4.79. The second-order valence-corrected chi connectivity index (χ2v) is 5.16. The second kappa shape index (κ2) is 6.27. The fourth-order valence-corrected chi connectivity index (χ4v) is 1.72. The minimum absolute atomic E-state index is 0.0451. The number of rotatable bonds is 2. The van der Waals surface area contributed by atoms with Crippen LogP contribution >= 0.6 is 0 Å². The molecule has 0 aromatic rings. The van der Waals surface area contributed by atoms with Crippen molar-refractivity contribution in [2.45, 2.75) is 51.5 Å². The Morgan fingerprint density at radius 1 is 1.06 bits per heavy atom. The maximum Gasteiger partial charge on any atom is 0.189 e. The van der Waals surface area contributed by atoms with Gasteiger partial charge in [0, 0.05) is 0 Å². The van der Waals surface area contributed by atoms with Gasteiger partial charge in [0.25, 0.3) is 0 Å². The lowest BCUT2D eigenvalue weighted by Gasteiger charge is -2.18. The first kappa shape index (κ1) is 15.8. The molecule has 0 bridgehead atoms. The molecule has 0 amide bonds. The zero-order chi connectivity index (χ0) is 13.8. The molecule has 0 aromatic heterocycles. The van der Waals surface area contributed by atoms with Gasteiger partial charge in [-0.05, 0) is 27.7 Å². The van der Waals surface area contributed by atoms with Crippen LogP contribution in [0.25, 0.3) is 0 Å². The molecule has 6 heteroatoms. The maximum atomic E-state index is 8.69. The quantitative estimate of drug-likeness (QED) is 0.745. The second-order valence-electron chi connectivity index (χ2n) is 5.16. The monoisotopic (exact) mass is 264 g/mol. The van der Waals surface area contributed by atoms with E-state index in [1.165, 1.54) is 0 Å². The van der Waals surface area contributed by atoms with Crippen LogP contribution in [0.15, 0.2) is 0 Å². The van der Waals surface area contributed by atoms with Gasteiger partial charge in [0.2, 0.25) is 0 Å². The molecule has 18 heavy (non-hydrogen) atoms. The van der Waals surface area contributed by atoms with Gasteiger partial charge in [-0.3, -0.25) is 0 Å². The summed E-state index contributed by atoms with van der Waals surface area (Å²) in [6.07, 6.45) is -0.0119. The SMILES string of the molecule is CC1(C)OCC(CO)O1.CC1COC(C)(CO)O1. The van der Waals surface area contributed by atoms with Gasteiger partial charge in [0.05, 0.1) is 32.5 Å². The molecular formula is C12H24O6. The van der Waals surface area contributed by atoms with E-state index >= 15 is 0 Å². The smallest absolute Gasteiger partial charge is 0.189 e. The van der Waals surface area contributed by atoms with Crippen molar-refractivity contribution in [3.63, 3.8) is 0 Å². The normalized spacial score (nSPS) is 38.3. The lowest BCUT2D eigenvalue weighted by molar-refractivity contribution is -0.176. The topological polar surface area (TPSA) is 77.4 Å². The molecule has 3 unspecified atom stereocenters. The summed E-state index contributed by atoms with van der Waals surface area (Å²) in [6.45, 7) is 8.38. The molecule has 2 aliphatic rings. The number of ether oxygens (including phenoxy) is 4. The summed E-state index contributed by atoms with van der Waals surface area (Å²) in [5, 5.41) is 17.3. The van der Waals surface area contributed by atoms with Crippen molar-refractivity contribution in [2.75, 3.05) is 26.4 Å². The molecule has 2 fully saturated rings. The number of aliphatic hydroxyl groups excluding tert-OH is 2. The molecule has 0 aliphatic carbocycles. The Morgan fingerprint density at radius 3 is 1.94 bits per heavy atom. The van der Waals surface area contributed by atoms with Crippen LogP contribution in [0, 0.1) is 0 Å². The van der Waals surface area contributed by atoms with Crippen molar-refractivity contribution in [3.8, 4) is 0 Å². The van der Waals surface area contributed by atoms with Crippen LogP contribution in [0.1, 0.15) is 27.7 Å². The van der Waals surface area contributed by atoms with Crippen molar-refractivity contribution < 1.29 is 29.2 Å².